The van der Waals surface area contributed by atoms with Crippen molar-refractivity contribution in [3.63, 3.8) is 0 Å². The first-order chi connectivity index (χ1) is 12.5. The average Bonchev–Trinajstić information content (AvgIpc) is 3.15. The van der Waals surface area contributed by atoms with Crippen molar-refractivity contribution < 1.29 is 4.79 Å². The summed E-state index contributed by atoms with van der Waals surface area (Å²) in [5, 5.41) is 12.6. The summed E-state index contributed by atoms with van der Waals surface area (Å²) in [6.07, 6.45) is 0. The summed E-state index contributed by atoms with van der Waals surface area (Å²) in [7, 11) is 0. The molecule has 2 aromatic heterocycles. The van der Waals surface area contributed by atoms with Crippen LogP contribution in [-0.2, 0) is 4.79 Å². The lowest BCUT2D eigenvalue weighted by Gasteiger charge is -2.11. The summed E-state index contributed by atoms with van der Waals surface area (Å²) < 4.78 is 3.13. The van der Waals surface area contributed by atoms with Gasteiger partial charge in [-0.05, 0) is 43.2 Å². The number of amides is 1. The smallest absolute Gasteiger partial charge is 0.234 e. The van der Waals surface area contributed by atoms with Gasteiger partial charge < -0.3 is 5.32 Å². The number of halogens is 1. The molecule has 0 aliphatic carbocycles. The van der Waals surface area contributed by atoms with Crippen molar-refractivity contribution in [2.75, 3.05) is 11.1 Å². The van der Waals surface area contributed by atoms with Crippen LogP contribution in [0.1, 0.15) is 11.1 Å². The summed E-state index contributed by atoms with van der Waals surface area (Å²) in [6, 6.07) is 11.9. The lowest BCUT2D eigenvalue weighted by Crippen LogP contribution is -2.15. The first-order valence-corrected chi connectivity index (χ1v) is 10.1. The average molecular weight is 403 g/mol. The Kier molecular flexibility index (Phi) is 4.60. The molecule has 5 nitrogen and oxygen atoms in total. The third-order valence-electron chi connectivity index (χ3n) is 3.94. The SMILES string of the molecule is Cc1cc(C)c(NC(=O)CSc2nnc3sc4ccccc4n23)c(Cl)c1. The molecule has 8 heteroatoms. The second kappa shape index (κ2) is 6.90. The molecular weight excluding hydrogens is 388 g/mol. The predicted octanol–water partition coefficient (Wildman–Crippen LogP) is 4.95. The Morgan fingerprint density at radius 3 is 2.88 bits per heavy atom. The predicted molar refractivity (Wildman–Crippen MR) is 109 cm³/mol. The molecular formula is C18H15ClN4OS2. The van der Waals surface area contributed by atoms with Gasteiger partial charge in [-0.2, -0.15) is 0 Å². The van der Waals surface area contributed by atoms with Crippen LogP contribution in [0.4, 0.5) is 5.69 Å². The molecule has 0 atom stereocenters. The highest BCUT2D eigenvalue weighted by molar-refractivity contribution is 7.99. The van der Waals surface area contributed by atoms with Crippen LogP contribution in [0, 0.1) is 13.8 Å². The molecule has 0 bridgehead atoms. The third kappa shape index (κ3) is 3.18. The Labute approximate surface area is 163 Å². The largest absolute Gasteiger partial charge is 0.324 e. The Hall–Kier alpha value is -2.09. The van der Waals surface area contributed by atoms with Gasteiger partial charge in [0.1, 0.15) is 0 Å². The second-order valence-corrected chi connectivity index (χ2v) is 8.30. The molecule has 132 valence electrons. The molecule has 0 unspecified atom stereocenters. The number of nitrogens with one attached hydrogen (secondary N) is 1. The number of thiazole rings is 1. The van der Waals surface area contributed by atoms with Crippen LogP contribution < -0.4 is 5.32 Å². The number of benzene rings is 2. The van der Waals surface area contributed by atoms with E-state index in [2.05, 4.69) is 21.6 Å². The minimum atomic E-state index is -0.125. The number of anilines is 1. The van der Waals surface area contributed by atoms with Gasteiger partial charge in [0.05, 0.1) is 26.7 Å². The standard InChI is InChI=1S/C18H15ClN4OS2/c1-10-7-11(2)16(12(19)8-10)20-15(24)9-25-17-21-22-18-23(17)13-5-3-4-6-14(13)26-18/h3-8H,9H2,1-2H3,(H,20,24). The van der Waals surface area contributed by atoms with Gasteiger partial charge in [0.25, 0.3) is 0 Å². The van der Waals surface area contributed by atoms with E-state index in [1.165, 1.54) is 11.8 Å². The van der Waals surface area contributed by atoms with E-state index in [0.717, 1.165) is 26.3 Å². The molecule has 0 spiro atoms. The zero-order chi connectivity index (χ0) is 18.3. The first-order valence-electron chi connectivity index (χ1n) is 7.95. The molecule has 4 rings (SSSR count). The summed E-state index contributed by atoms with van der Waals surface area (Å²) in [6.45, 7) is 3.91. The monoisotopic (exact) mass is 402 g/mol. The van der Waals surface area contributed by atoms with Crippen molar-refractivity contribution in [3.05, 3.63) is 52.5 Å². The van der Waals surface area contributed by atoms with Gasteiger partial charge in [-0.1, -0.05) is 52.9 Å². The minimum Gasteiger partial charge on any atom is -0.324 e. The molecule has 26 heavy (non-hydrogen) atoms. The zero-order valence-electron chi connectivity index (χ0n) is 14.1. The number of carbonyl (C=O) groups is 1. The van der Waals surface area contributed by atoms with Crippen LogP contribution >= 0.6 is 34.7 Å². The van der Waals surface area contributed by atoms with E-state index in [-0.39, 0.29) is 11.7 Å². The fourth-order valence-electron chi connectivity index (χ4n) is 2.83. The number of aryl methyl sites for hydroxylation is 2. The van der Waals surface area contributed by atoms with Crippen molar-refractivity contribution in [2.24, 2.45) is 0 Å². The quantitative estimate of drug-likeness (QED) is 0.491. The highest BCUT2D eigenvalue weighted by Gasteiger charge is 2.15. The van der Waals surface area contributed by atoms with Gasteiger partial charge in [0.2, 0.25) is 10.9 Å². The number of hydrogen-bond acceptors (Lipinski definition) is 5. The number of nitrogens with zero attached hydrogens (tertiary/aromatic N) is 3. The molecule has 0 aliphatic heterocycles. The number of carbonyl (C=O) groups excluding carboxylic acids is 1. The summed E-state index contributed by atoms with van der Waals surface area (Å²) in [5.41, 5.74) is 3.73. The van der Waals surface area contributed by atoms with Crippen LogP contribution in [0.5, 0.6) is 0 Å². The lowest BCUT2D eigenvalue weighted by molar-refractivity contribution is -0.113. The maximum atomic E-state index is 12.4. The highest BCUT2D eigenvalue weighted by atomic mass is 35.5. The summed E-state index contributed by atoms with van der Waals surface area (Å²) in [5.74, 6) is 0.106. The van der Waals surface area contributed by atoms with Gasteiger partial charge in [0, 0.05) is 0 Å². The van der Waals surface area contributed by atoms with E-state index < -0.39 is 0 Å². The van der Waals surface area contributed by atoms with Crippen LogP contribution in [0.3, 0.4) is 0 Å². The molecule has 0 radical (unpaired) electrons. The van der Waals surface area contributed by atoms with Crippen LogP contribution in [0.15, 0.2) is 41.6 Å². The van der Waals surface area contributed by atoms with Crippen molar-refractivity contribution >= 4 is 61.5 Å². The molecule has 2 aromatic carbocycles. The van der Waals surface area contributed by atoms with Gasteiger partial charge in [-0.15, -0.1) is 10.2 Å². The van der Waals surface area contributed by atoms with Crippen molar-refractivity contribution in [1.29, 1.82) is 0 Å². The number of fused-ring (bicyclic) bond motifs is 3. The third-order valence-corrected chi connectivity index (χ3v) is 6.18. The number of para-hydroxylation sites is 1. The number of rotatable bonds is 4. The number of thioether (sulfide) groups is 1. The van der Waals surface area contributed by atoms with E-state index in [4.69, 9.17) is 11.6 Å². The Bertz CT molecular complexity index is 1110. The minimum absolute atomic E-state index is 0.125. The molecule has 1 N–H and O–H groups in total. The molecule has 0 aliphatic rings. The normalized spacial score (nSPS) is 11.3. The first kappa shape index (κ1) is 17.3. The van der Waals surface area contributed by atoms with Gasteiger partial charge >= 0.3 is 0 Å². The highest BCUT2D eigenvalue weighted by Crippen LogP contribution is 2.30. The fraction of sp³-hybridized carbons (Fsp3) is 0.167. The zero-order valence-corrected chi connectivity index (χ0v) is 16.5. The molecule has 0 saturated heterocycles. The van der Waals surface area contributed by atoms with Gasteiger partial charge in [0.15, 0.2) is 5.16 Å². The topological polar surface area (TPSA) is 59.3 Å². The summed E-state index contributed by atoms with van der Waals surface area (Å²) >= 11 is 9.20. The number of hydrogen-bond donors (Lipinski definition) is 1. The maximum absolute atomic E-state index is 12.4. The molecule has 4 aromatic rings. The van der Waals surface area contributed by atoms with Gasteiger partial charge in [-0.25, -0.2) is 0 Å². The van der Waals surface area contributed by atoms with E-state index in [9.17, 15) is 4.79 Å². The van der Waals surface area contributed by atoms with Gasteiger partial charge in [-0.3, -0.25) is 9.20 Å². The van der Waals surface area contributed by atoms with E-state index in [1.807, 2.05) is 48.6 Å². The fourth-order valence-corrected chi connectivity index (χ4v) is 4.96. The Morgan fingerprint density at radius 2 is 2.08 bits per heavy atom. The Balaban J connectivity index is 1.53. The van der Waals surface area contributed by atoms with Crippen molar-refractivity contribution in [2.45, 2.75) is 19.0 Å². The van der Waals surface area contributed by atoms with E-state index >= 15 is 0 Å². The molecule has 0 fully saturated rings. The van der Waals surface area contributed by atoms with Crippen molar-refractivity contribution in [1.82, 2.24) is 14.6 Å². The van der Waals surface area contributed by atoms with Crippen molar-refractivity contribution in [3.8, 4) is 0 Å². The van der Waals surface area contributed by atoms with Crippen LogP contribution in [0.2, 0.25) is 5.02 Å². The molecule has 0 saturated carbocycles. The number of aromatic nitrogens is 3. The van der Waals surface area contributed by atoms with Crippen LogP contribution in [-0.4, -0.2) is 26.3 Å². The molecule has 1 amide bonds. The van der Waals surface area contributed by atoms with E-state index in [0.29, 0.717) is 15.9 Å². The maximum Gasteiger partial charge on any atom is 0.234 e. The molecule has 2 heterocycles. The lowest BCUT2D eigenvalue weighted by atomic mass is 10.1. The summed E-state index contributed by atoms with van der Waals surface area (Å²) in [4.78, 5) is 13.2. The van der Waals surface area contributed by atoms with E-state index in [1.54, 1.807) is 11.3 Å². The second-order valence-electron chi connectivity index (χ2n) is 5.95. The van der Waals surface area contributed by atoms with Crippen LogP contribution in [0.25, 0.3) is 15.2 Å². The Morgan fingerprint density at radius 1 is 1.27 bits per heavy atom.